The van der Waals surface area contributed by atoms with Gasteiger partial charge in [-0.2, -0.15) is 0 Å². The Hall–Kier alpha value is -1.43. The van der Waals surface area contributed by atoms with Crippen LogP contribution in [-0.2, 0) is 4.79 Å². The van der Waals surface area contributed by atoms with Crippen molar-refractivity contribution >= 4 is 5.91 Å². The van der Waals surface area contributed by atoms with E-state index in [4.69, 9.17) is 0 Å². The van der Waals surface area contributed by atoms with Gasteiger partial charge in [0.2, 0.25) is 5.91 Å². The molecular weight excluding hydrogens is 823 g/mol. The molecule has 0 rings (SSSR count). The maximum absolute atomic E-state index is 12.5. The number of aliphatic hydroxyl groups excluding tert-OH is 3. The second kappa shape index (κ2) is 57.2. The fourth-order valence-electron chi connectivity index (χ4n) is 9.55. The second-order valence-corrected chi connectivity index (χ2v) is 21.0. The van der Waals surface area contributed by atoms with Crippen molar-refractivity contribution in [3.63, 3.8) is 0 Å². The molecule has 5 heteroatoms. The summed E-state index contributed by atoms with van der Waals surface area (Å²) in [5.74, 6) is -0.324. The lowest BCUT2D eigenvalue weighted by molar-refractivity contribution is -0.124. The van der Waals surface area contributed by atoms with Gasteiger partial charge in [-0.3, -0.25) is 4.79 Å². The van der Waals surface area contributed by atoms with E-state index < -0.39 is 18.2 Å². The summed E-state index contributed by atoms with van der Waals surface area (Å²) < 4.78 is 0. The van der Waals surface area contributed by atoms with E-state index in [1.54, 1.807) is 6.08 Å². The van der Waals surface area contributed by atoms with Crippen molar-refractivity contribution in [3.8, 4) is 0 Å². The average Bonchev–Trinajstić information content (AvgIpc) is 3.32. The Morgan fingerprint density at radius 2 is 0.642 bits per heavy atom. The molecule has 0 aliphatic heterocycles. The SMILES string of the molecule is CCCCCCCCC/C=C/CC/C=C/CC/C=C/C(O)C(CO)NC(=O)CC(O)CCCCCCCCCCCCCCCCCCCCCCCCCCCCCCCCCCCCC. The highest BCUT2D eigenvalue weighted by molar-refractivity contribution is 5.76. The highest BCUT2D eigenvalue weighted by Crippen LogP contribution is 2.18. The van der Waals surface area contributed by atoms with E-state index in [9.17, 15) is 20.1 Å². The van der Waals surface area contributed by atoms with E-state index in [0.29, 0.717) is 6.42 Å². The zero-order valence-corrected chi connectivity index (χ0v) is 45.3. The fraction of sp³-hybridized carbons (Fsp3) is 0.887. The van der Waals surface area contributed by atoms with Gasteiger partial charge in [0, 0.05) is 0 Å². The maximum Gasteiger partial charge on any atom is 0.222 e. The lowest BCUT2D eigenvalue weighted by atomic mass is 10.0. The van der Waals surface area contributed by atoms with Crippen LogP contribution in [0.5, 0.6) is 0 Å². The predicted molar refractivity (Wildman–Crippen MR) is 296 cm³/mol. The zero-order chi connectivity index (χ0) is 48.6. The molecule has 0 radical (unpaired) electrons. The molecule has 1 amide bonds. The molecule has 0 aromatic rings. The molecule has 0 aromatic carbocycles. The number of carbonyl (C=O) groups excluding carboxylic acids is 1. The first-order valence-electron chi connectivity index (χ1n) is 30.3. The smallest absolute Gasteiger partial charge is 0.222 e. The van der Waals surface area contributed by atoms with Gasteiger partial charge in [-0.05, 0) is 44.9 Å². The Morgan fingerprint density at radius 3 is 0.955 bits per heavy atom. The Bertz CT molecular complexity index is 1040. The molecule has 3 atom stereocenters. The molecule has 0 aliphatic rings. The minimum atomic E-state index is -0.959. The van der Waals surface area contributed by atoms with Crippen LogP contribution in [0.4, 0.5) is 0 Å². The first-order valence-corrected chi connectivity index (χ1v) is 30.3. The van der Waals surface area contributed by atoms with Gasteiger partial charge in [-0.1, -0.05) is 314 Å². The lowest BCUT2D eigenvalue weighted by Crippen LogP contribution is -2.45. The topological polar surface area (TPSA) is 89.8 Å². The molecule has 0 aromatic heterocycles. The van der Waals surface area contributed by atoms with E-state index in [1.807, 2.05) is 6.08 Å². The van der Waals surface area contributed by atoms with Crippen LogP contribution in [0.3, 0.4) is 0 Å². The highest BCUT2D eigenvalue weighted by Gasteiger charge is 2.20. The van der Waals surface area contributed by atoms with Gasteiger partial charge >= 0.3 is 0 Å². The molecule has 0 aliphatic carbocycles. The van der Waals surface area contributed by atoms with Crippen molar-refractivity contribution in [2.24, 2.45) is 0 Å². The number of unbranched alkanes of at least 4 members (excludes halogenated alkanes) is 43. The van der Waals surface area contributed by atoms with Gasteiger partial charge in [-0.25, -0.2) is 0 Å². The molecule has 0 bridgehead atoms. The van der Waals surface area contributed by atoms with Crippen LogP contribution >= 0.6 is 0 Å². The van der Waals surface area contributed by atoms with Gasteiger partial charge in [0.25, 0.3) is 0 Å². The molecule has 0 heterocycles. The highest BCUT2D eigenvalue weighted by atomic mass is 16.3. The van der Waals surface area contributed by atoms with Crippen LogP contribution in [0, 0.1) is 0 Å². The molecule has 3 unspecified atom stereocenters. The largest absolute Gasteiger partial charge is 0.394 e. The molecule has 0 saturated carbocycles. The molecular formula is C62H119NO4. The Kier molecular flexibility index (Phi) is 55.9. The first kappa shape index (κ1) is 65.6. The number of carbonyl (C=O) groups is 1. The van der Waals surface area contributed by atoms with Crippen LogP contribution in [0.1, 0.15) is 328 Å². The van der Waals surface area contributed by atoms with Gasteiger partial charge in [0.1, 0.15) is 0 Å². The minimum absolute atomic E-state index is 0.00567. The van der Waals surface area contributed by atoms with Crippen molar-refractivity contribution in [1.82, 2.24) is 5.32 Å². The minimum Gasteiger partial charge on any atom is -0.394 e. The third kappa shape index (κ3) is 53.8. The van der Waals surface area contributed by atoms with E-state index in [1.165, 1.54) is 263 Å². The van der Waals surface area contributed by atoms with Crippen molar-refractivity contribution in [2.75, 3.05) is 6.61 Å². The molecule has 0 fully saturated rings. The summed E-state index contributed by atoms with van der Waals surface area (Å²) in [4.78, 5) is 12.5. The summed E-state index contributed by atoms with van der Waals surface area (Å²) in [6.07, 6.45) is 75.1. The van der Waals surface area contributed by atoms with E-state index >= 15 is 0 Å². The molecule has 0 saturated heterocycles. The number of rotatable bonds is 56. The number of allylic oxidation sites excluding steroid dienone is 5. The Balaban J connectivity index is 3.49. The number of aliphatic hydroxyl groups is 3. The monoisotopic (exact) mass is 942 g/mol. The predicted octanol–water partition coefficient (Wildman–Crippen LogP) is 19.0. The quantitative estimate of drug-likeness (QED) is 0.0361. The third-order valence-corrected chi connectivity index (χ3v) is 14.2. The summed E-state index contributed by atoms with van der Waals surface area (Å²) in [5.41, 5.74) is 0. The molecule has 396 valence electrons. The molecule has 5 nitrogen and oxygen atoms in total. The lowest BCUT2D eigenvalue weighted by Gasteiger charge is -2.21. The standard InChI is InChI=1S/C62H119NO4/c1-3-5-7-9-11-13-15-17-19-21-22-23-24-25-26-27-28-29-30-31-32-33-34-35-36-37-38-40-41-43-45-47-49-51-53-55-59(65)57-62(67)63-60(58-64)61(66)56-54-52-50-48-46-44-42-39-20-18-16-14-12-10-8-6-4-2/h20,39,46,48,54,56,59-61,64-66H,3-19,21-38,40-45,47,49-53,55,57-58H2,1-2H3,(H,63,67)/b39-20+,48-46+,56-54+. The normalized spacial score (nSPS) is 13.4. The summed E-state index contributed by atoms with van der Waals surface area (Å²) in [6.45, 7) is 4.22. The van der Waals surface area contributed by atoms with Gasteiger partial charge in [-0.15, -0.1) is 0 Å². The number of hydrogen-bond acceptors (Lipinski definition) is 4. The zero-order valence-electron chi connectivity index (χ0n) is 45.3. The average molecular weight is 943 g/mol. The Labute approximate surface area is 419 Å². The van der Waals surface area contributed by atoms with Crippen LogP contribution in [-0.4, -0.2) is 46.1 Å². The molecule has 67 heavy (non-hydrogen) atoms. The van der Waals surface area contributed by atoms with Gasteiger partial charge in [0.05, 0.1) is 31.3 Å². The summed E-state index contributed by atoms with van der Waals surface area (Å²) in [6, 6.07) is -0.767. The van der Waals surface area contributed by atoms with Crippen molar-refractivity contribution in [3.05, 3.63) is 36.5 Å². The van der Waals surface area contributed by atoms with E-state index in [2.05, 4.69) is 43.5 Å². The van der Waals surface area contributed by atoms with Crippen LogP contribution in [0.15, 0.2) is 36.5 Å². The van der Waals surface area contributed by atoms with Crippen LogP contribution < -0.4 is 5.32 Å². The van der Waals surface area contributed by atoms with Crippen molar-refractivity contribution in [2.45, 2.75) is 347 Å². The first-order chi connectivity index (χ1) is 33.0. The van der Waals surface area contributed by atoms with Crippen molar-refractivity contribution < 1.29 is 20.1 Å². The summed E-state index contributed by atoms with van der Waals surface area (Å²) in [5, 5.41) is 33.4. The van der Waals surface area contributed by atoms with Crippen molar-refractivity contribution in [1.29, 1.82) is 0 Å². The van der Waals surface area contributed by atoms with Gasteiger partial charge in [0.15, 0.2) is 0 Å². The number of nitrogens with one attached hydrogen (secondary N) is 1. The second-order valence-electron chi connectivity index (χ2n) is 21.0. The van der Waals surface area contributed by atoms with E-state index in [0.717, 1.165) is 38.5 Å². The molecule has 4 N–H and O–H groups in total. The van der Waals surface area contributed by atoms with Crippen LogP contribution in [0.2, 0.25) is 0 Å². The molecule has 0 spiro atoms. The fourth-order valence-corrected chi connectivity index (χ4v) is 9.55. The third-order valence-electron chi connectivity index (χ3n) is 14.2. The van der Waals surface area contributed by atoms with Gasteiger partial charge < -0.3 is 20.6 Å². The summed E-state index contributed by atoms with van der Waals surface area (Å²) >= 11 is 0. The maximum atomic E-state index is 12.5. The van der Waals surface area contributed by atoms with E-state index in [-0.39, 0.29) is 18.9 Å². The van der Waals surface area contributed by atoms with Crippen LogP contribution in [0.25, 0.3) is 0 Å². The number of amides is 1. The Morgan fingerprint density at radius 1 is 0.373 bits per heavy atom. The summed E-state index contributed by atoms with van der Waals surface area (Å²) in [7, 11) is 0. The number of hydrogen-bond donors (Lipinski definition) is 4.